The van der Waals surface area contributed by atoms with Crippen LogP contribution in [0.25, 0.3) is 0 Å². The molecule has 0 radical (unpaired) electrons. The Bertz CT molecular complexity index is 1480. The summed E-state index contributed by atoms with van der Waals surface area (Å²) in [5.74, 6) is -1.91. The number of benzene rings is 3. The molecule has 3 aromatic rings. The molecule has 4 atom stereocenters. The molecule has 1 saturated heterocycles. The number of halogens is 1. The number of nitrogens with zero attached hydrogens (tertiary/aromatic N) is 1. The minimum absolute atomic E-state index is 0.0674. The van der Waals surface area contributed by atoms with Gasteiger partial charge in [0.2, 0.25) is 17.7 Å². The minimum Gasteiger partial charge on any atom is -0.347 e. The van der Waals surface area contributed by atoms with Crippen molar-refractivity contribution in [3.63, 3.8) is 0 Å². The quantitative estimate of drug-likeness (QED) is 0.252. The molecule has 0 bridgehead atoms. The van der Waals surface area contributed by atoms with Crippen LogP contribution < -0.4 is 21.3 Å². The molecule has 0 aromatic heterocycles. The molecule has 4 amide bonds. The summed E-state index contributed by atoms with van der Waals surface area (Å²) < 4.78 is 13.5. The molecular weight excluding hydrogens is 597 g/mol. The first-order chi connectivity index (χ1) is 22.7. The molecule has 0 spiro atoms. The Morgan fingerprint density at radius 1 is 0.809 bits per heavy atom. The number of carbonyl (C=O) groups is 4. The first kappa shape index (κ1) is 33.8. The first-order valence-corrected chi connectivity index (χ1v) is 16.5. The second-order valence-electron chi connectivity index (χ2n) is 12.6. The molecular formula is C37H44FN5O4. The van der Waals surface area contributed by atoms with Gasteiger partial charge in [-0.25, -0.2) is 4.39 Å². The van der Waals surface area contributed by atoms with Crippen molar-refractivity contribution in [2.75, 3.05) is 13.6 Å². The zero-order valence-corrected chi connectivity index (χ0v) is 27.0. The third kappa shape index (κ3) is 8.43. The standard InChI is InChI=1S/C37H44FN5O4/c1-24(39-2)34(44)42-33(27-16-10-5-11-17-27)37(47)43-23-30(40-35(45)28-18-20-29(38)21-19-28)22-31(43)36(46)41-32(25-12-6-3-7-13-25)26-14-8-4-9-15-26/h3-4,6-9,12-15,18-21,24,27,30-33,39H,5,10-11,16-17,22-23H2,1-2H3,(H,40,45)(H,41,46)(H,42,44). The predicted octanol–water partition coefficient (Wildman–Crippen LogP) is 4.10. The van der Waals surface area contributed by atoms with Crippen molar-refractivity contribution in [3.05, 3.63) is 107 Å². The molecule has 1 aliphatic carbocycles. The number of hydrogen-bond acceptors (Lipinski definition) is 5. The minimum atomic E-state index is -0.902. The van der Waals surface area contributed by atoms with E-state index in [2.05, 4.69) is 21.3 Å². The molecule has 1 heterocycles. The van der Waals surface area contributed by atoms with Crippen LogP contribution >= 0.6 is 0 Å². The maximum absolute atomic E-state index is 14.5. The van der Waals surface area contributed by atoms with E-state index in [-0.39, 0.29) is 42.2 Å². The Morgan fingerprint density at radius 3 is 1.98 bits per heavy atom. The lowest BCUT2D eigenvalue weighted by atomic mass is 9.83. The van der Waals surface area contributed by atoms with Crippen molar-refractivity contribution in [2.45, 2.75) is 75.7 Å². The van der Waals surface area contributed by atoms with Gasteiger partial charge in [0, 0.05) is 18.2 Å². The lowest BCUT2D eigenvalue weighted by Gasteiger charge is -2.35. The highest BCUT2D eigenvalue weighted by Crippen LogP contribution is 2.30. The highest BCUT2D eigenvalue weighted by Gasteiger charge is 2.45. The van der Waals surface area contributed by atoms with Crippen LogP contribution in [0, 0.1) is 11.7 Å². The lowest BCUT2D eigenvalue weighted by molar-refractivity contribution is -0.143. The van der Waals surface area contributed by atoms with E-state index >= 15 is 0 Å². The number of amides is 4. The molecule has 10 heteroatoms. The second-order valence-corrected chi connectivity index (χ2v) is 12.6. The highest BCUT2D eigenvalue weighted by atomic mass is 19.1. The molecule has 4 N–H and O–H groups in total. The first-order valence-electron chi connectivity index (χ1n) is 16.5. The molecule has 1 aliphatic heterocycles. The van der Waals surface area contributed by atoms with E-state index in [0.717, 1.165) is 43.2 Å². The number of carbonyl (C=O) groups excluding carboxylic acids is 4. The summed E-state index contributed by atoms with van der Waals surface area (Å²) in [4.78, 5) is 56.6. The van der Waals surface area contributed by atoms with Crippen LogP contribution in [0.4, 0.5) is 4.39 Å². The van der Waals surface area contributed by atoms with Gasteiger partial charge in [0.1, 0.15) is 17.9 Å². The summed E-state index contributed by atoms with van der Waals surface area (Å²) in [5, 5.41) is 12.1. The number of hydrogen-bond donors (Lipinski definition) is 4. The van der Waals surface area contributed by atoms with Crippen LogP contribution in [0.5, 0.6) is 0 Å². The van der Waals surface area contributed by atoms with E-state index in [0.29, 0.717) is 0 Å². The summed E-state index contributed by atoms with van der Waals surface area (Å²) in [6.45, 7) is 1.82. The van der Waals surface area contributed by atoms with Gasteiger partial charge < -0.3 is 26.2 Å². The van der Waals surface area contributed by atoms with E-state index in [4.69, 9.17) is 0 Å². The summed E-state index contributed by atoms with van der Waals surface area (Å²) in [7, 11) is 1.69. The summed E-state index contributed by atoms with van der Waals surface area (Å²) in [6, 6.07) is 21.2. The molecule has 2 fully saturated rings. The molecule has 4 unspecified atom stereocenters. The molecule has 9 nitrogen and oxygen atoms in total. The largest absolute Gasteiger partial charge is 0.347 e. The van der Waals surface area contributed by atoms with E-state index in [1.165, 1.54) is 29.2 Å². The van der Waals surface area contributed by atoms with Crippen LogP contribution in [0.3, 0.4) is 0 Å². The van der Waals surface area contributed by atoms with E-state index < -0.39 is 41.9 Å². The van der Waals surface area contributed by atoms with E-state index in [1.54, 1.807) is 14.0 Å². The zero-order chi connectivity index (χ0) is 33.3. The van der Waals surface area contributed by atoms with Gasteiger partial charge in [-0.3, -0.25) is 19.2 Å². The normalized spacial score (nSPS) is 19.5. The topological polar surface area (TPSA) is 120 Å². The molecule has 5 rings (SSSR count). The Balaban J connectivity index is 1.44. The van der Waals surface area contributed by atoms with Gasteiger partial charge in [0.05, 0.1) is 12.1 Å². The van der Waals surface area contributed by atoms with Crippen molar-refractivity contribution in [1.29, 1.82) is 0 Å². The van der Waals surface area contributed by atoms with Crippen LogP contribution in [0.15, 0.2) is 84.9 Å². The van der Waals surface area contributed by atoms with Crippen molar-refractivity contribution >= 4 is 23.6 Å². The van der Waals surface area contributed by atoms with Gasteiger partial charge in [-0.05, 0) is 74.5 Å². The average Bonchev–Trinajstić information content (AvgIpc) is 3.54. The lowest BCUT2D eigenvalue weighted by Crippen LogP contribution is -2.58. The monoisotopic (exact) mass is 641 g/mol. The van der Waals surface area contributed by atoms with Gasteiger partial charge in [0.15, 0.2) is 0 Å². The third-order valence-electron chi connectivity index (χ3n) is 9.39. The molecule has 1 saturated carbocycles. The fraction of sp³-hybridized carbons (Fsp3) is 0.405. The summed E-state index contributed by atoms with van der Waals surface area (Å²) in [6.07, 6.45) is 4.77. The Kier molecular flexibility index (Phi) is 11.4. The van der Waals surface area contributed by atoms with Crippen LogP contribution in [0.2, 0.25) is 0 Å². The van der Waals surface area contributed by atoms with E-state index in [1.807, 2.05) is 60.7 Å². The predicted molar refractivity (Wildman–Crippen MR) is 178 cm³/mol. The molecule has 2 aliphatic rings. The van der Waals surface area contributed by atoms with Gasteiger partial charge >= 0.3 is 0 Å². The number of likely N-dealkylation sites (N-methyl/N-ethyl adjacent to an activating group) is 1. The second kappa shape index (κ2) is 15.8. The Hall–Kier alpha value is -4.57. The Labute approximate surface area is 275 Å². The maximum Gasteiger partial charge on any atom is 0.251 e. The van der Waals surface area contributed by atoms with Crippen molar-refractivity contribution in [1.82, 2.24) is 26.2 Å². The van der Waals surface area contributed by atoms with Crippen LogP contribution in [0.1, 0.15) is 73.0 Å². The van der Waals surface area contributed by atoms with Crippen molar-refractivity contribution in [2.24, 2.45) is 5.92 Å². The molecule has 3 aromatic carbocycles. The van der Waals surface area contributed by atoms with Crippen molar-refractivity contribution < 1.29 is 23.6 Å². The van der Waals surface area contributed by atoms with Gasteiger partial charge in [0.25, 0.3) is 5.91 Å². The average molecular weight is 642 g/mol. The van der Waals surface area contributed by atoms with Gasteiger partial charge in [-0.1, -0.05) is 79.9 Å². The zero-order valence-electron chi connectivity index (χ0n) is 27.0. The van der Waals surface area contributed by atoms with E-state index in [9.17, 15) is 23.6 Å². The third-order valence-corrected chi connectivity index (χ3v) is 9.39. The van der Waals surface area contributed by atoms with Crippen LogP contribution in [-0.4, -0.2) is 66.3 Å². The fourth-order valence-corrected chi connectivity index (χ4v) is 6.63. The highest BCUT2D eigenvalue weighted by molar-refractivity contribution is 5.96. The Morgan fingerprint density at radius 2 is 1.40 bits per heavy atom. The number of nitrogens with one attached hydrogen (secondary N) is 4. The van der Waals surface area contributed by atoms with Gasteiger partial charge in [-0.2, -0.15) is 0 Å². The van der Waals surface area contributed by atoms with Crippen molar-refractivity contribution in [3.8, 4) is 0 Å². The maximum atomic E-state index is 14.5. The smallest absolute Gasteiger partial charge is 0.251 e. The summed E-state index contributed by atoms with van der Waals surface area (Å²) in [5.41, 5.74) is 2.05. The van der Waals surface area contributed by atoms with Crippen LogP contribution in [-0.2, 0) is 14.4 Å². The summed E-state index contributed by atoms with van der Waals surface area (Å²) >= 11 is 0. The number of likely N-dealkylation sites (tertiary alicyclic amines) is 1. The number of rotatable bonds is 11. The fourth-order valence-electron chi connectivity index (χ4n) is 6.63. The SMILES string of the molecule is CNC(C)C(=O)NC(C(=O)N1CC(NC(=O)c2ccc(F)cc2)CC1C(=O)NC(c1ccccc1)c1ccccc1)C1CCCCC1. The molecule has 47 heavy (non-hydrogen) atoms. The molecule has 248 valence electrons. The van der Waals surface area contributed by atoms with Gasteiger partial charge in [-0.15, -0.1) is 0 Å².